The van der Waals surface area contributed by atoms with Crippen LogP contribution in [0.3, 0.4) is 0 Å². The van der Waals surface area contributed by atoms with Gasteiger partial charge in [0.1, 0.15) is 5.82 Å². The molecule has 0 bridgehead atoms. The number of carbonyl (C=O) groups excluding carboxylic acids is 1. The summed E-state index contributed by atoms with van der Waals surface area (Å²) in [5, 5.41) is 7.19. The Kier molecular flexibility index (Phi) is 6.84. The SMILES string of the molecule is Cc1nn(-c2cccc(C(F)(F)F)c2)c(C)c1CC(=O)Nc1cc(F)ccc1N1CCN(C)CC1. The molecule has 0 radical (unpaired) electrons. The van der Waals surface area contributed by atoms with Crippen molar-refractivity contribution in [2.24, 2.45) is 0 Å². The summed E-state index contributed by atoms with van der Waals surface area (Å²) < 4.78 is 54.9. The smallest absolute Gasteiger partial charge is 0.367 e. The van der Waals surface area contributed by atoms with E-state index in [1.807, 2.05) is 7.05 Å². The second kappa shape index (κ2) is 9.69. The molecule has 1 aromatic heterocycles. The average molecular weight is 490 g/mol. The molecule has 0 atom stereocenters. The van der Waals surface area contributed by atoms with Crippen molar-refractivity contribution >= 4 is 17.3 Å². The zero-order valence-corrected chi connectivity index (χ0v) is 19.8. The Hall–Kier alpha value is -3.40. The zero-order chi connectivity index (χ0) is 25.3. The van der Waals surface area contributed by atoms with E-state index in [4.69, 9.17) is 0 Å². The Labute approximate surface area is 201 Å². The van der Waals surface area contributed by atoms with Crippen LogP contribution in [0.15, 0.2) is 42.5 Å². The molecule has 0 spiro atoms. The number of aromatic nitrogens is 2. The van der Waals surface area contributed by atoms with Crippen molar-refractivity contribution in [3.8, 4) is 5.69 Å². The van der Waals surface area contributed by atoms with Crippen molar-refractivity contribution < 1.29 is 22.4 Å². The number of benzene rings is 2. The lowest BCUT2D eigenvalue weighted by atomic mass is 10.1. The first kappa shape index (κ1) is 24.7. The molecule has 10 heteroatoms. The summed E-state index contributed by atoms with van der Waals surface area (Å²) >= 11 is 0. The number of rotatable bonds is 5. The summed E-state index contributed by atoms with van der Waals surface area (Å²) in [6.45, 7) is 6.65. The van der Waals surface area contributed by atoms with E-state index in [-0.39, 0.29) is 18.0 Å². The number of nitrogens with one attached hydrogen (secondary N) is 1. The fourth-order valence-electron chi connectivity index (χ4n) is 4.28. The molecule has 1 saturated heterocycles. The molecule has 0 unspecified atom stereocenters. The van der Waals surface area contributed by atoms with Crippen LogP contribution in [0, 0.1) is 19.7 Å². The molecule has 0 aliphatic carbocycles. The number of hydrogen-bond donors (Lipinski definition) is 1. The summed E-state index contributed by atoms with van der Waals surface area (Å²) in [5.41, 5.74) is 2.33. The predicted octanol–water partition coefficient (Wildman–Crippen LogP) is 4.58. The molecule has 1 aliphatic rings. The first-order valence-electron chi connectivity index (χ1n) is 11.3. The minimum absolute atomic E-state index is 0.0463. The fourth-order valence-corrected chi connectivity index (χ4v) is 4.28. The second-order valence-electron chi connectivity index (χ2n) is 8.79. The molecular formula is C25H27F4N5O. The Morgan fingerprint density at radius 1 is 1.06 bits per heavy atom. The highest BCUT2D eigenvalue weighted by molar-refractivity contribution is 5.95. The highest BCUT2D eigenvalue weighted by Gasteiger charge is 2.31. The van der Waals surface area contributed by atoms with Crippen LogP contribution in [-0.4, -0.2) is 53.8 Å². The number of alkyl halides is 3. The number of amides is 1. The molecule has 1 N–H and O–H groups in total. The van der Waals surface area contributed by atoms with Gasteiger partial charge in [-0.3, -0.25) is 4.79 Å². The van der Waals surface area contributed by atoms with Gasteiger partial charge in [-0.25, -0.2) is 9.07 Å². The summed E-state index contributed by atoms with van der Waals surface area (Å²) in [4.78, 5) is 17.3. The number of aryl methyl sites for hydroxylation is 1. The lowest BCUT2D eigenvalue weighted by molar-refractivity contribution is -0.137. The highest BCUT2D eigenvalue weighted by atomic mass is 19.4. The van der Waals surface area contributed by atoms with Gasteiger partial charge in [0.2, 0.25) is 5.91 Å². The van der Waals surface area contributed by atoms with Crippen LogP contribution < -0.4 is 10.2 Å². The first-order valence-corrected chi connectivity index (χ1v) is 11.3. The topological polar surface area (TPSA) is 53.4 Å². The monoisotopic (exact) mass is 489 g/mol. The molecule has 35 heavy (non-hydrogen) atoms. The van der Waals surface area contributed by atoms with E-state index >= 15 is 0 Å². The van der Waals surface area contributed by atoms with Gasteiger partial charge in [-0.2, -0.15) is 18.3 Å². The molecule has 1 amide bonds. The van der Waals surface area contributed by atoms with E-state index in [1.165, 1.54) is 28.9 Å². The molecule has 186 valence electrons. The third-order valence-electron chi connectivity index (χ3n) is 6.27. The number of nitrogens with zero attached hydrogens (tertiary/aromatic N) is 4. The van der Waals surface area contributed by atoms with Crippen LogP contribution in [0.4, 0.5) is 28.9 Å². The highest BCUT2D eigenvalue weighted by Crippen LogP contribution is 2.31. The maximum absolute atomic E-state index is 14.0. The Bertz CT molecular complexity index is 1230. The number of hydrogen-bond acceptors (Lipinski definition) is 4. The average Bonchev–Trinajstić information content (AvgIpc) is 3.08. The fraction of sp³-hybridized carbons (Fsp3) is 0.360. The molecule has 2 aromatic carbocycles. The minimum atomic E-state index is -4.47. The van der Waals surface area contributed by atoms with E-state index in [0.717, 1.165) is 44.0 Å². The lowest BCUT2D eigenvalue weighted by Crippen LogP contribution is -2.44. The number of piperazine rings is 1. The predicted molar refractivity (Wildman–Crippen MR) is 126 cm³/mol. The van der Waals surface area contributed by atoms with Crippen LogP contribution in [0.25, 0.3) is 5.69 Å². The first-order chi connectivity index (χ1) is 16.5. The molecular weight excluding hydrogens is 462 g/mol. The molecule has 1 fully saturated rings. The van der Waals surface area contributed by atoms with Crippen LogP contribution >= 0.6 is 0 Å². The van der Waals surface area contributed by atoms with Gasteiger partial charge in [-0.15, -0.1) is 0 Å². The molecule has 0 saturated carbocycles. The van der Waals surface area contributed by atoms with Crippen molar-refractivity contribution in [3.05, 3.63) is 70.8 Å². The van der Waals surface area contributed by atoms with Crippen molar-refractivity contribution in [2.75, 3.05) is 43.4 Å². The van der Waals surface area contributed by atoms with Crippen molar-refractivity contribution in [1.29, 1.82) is 0 Å². The van der Waals surface area contributed by atoms with Crippen LogP contribution in [0.1, 0.15) is 22.5 Å². The van der Waals surface area contributed by atoms with Crippen molar-refractivity contribution in [2.45, 2.75) is 26.4 Å². The number of likely N-dealkylation sites (N-methyl/N-ethyl adjacent to an activating group) is 1. The van der Waals surface area contributed by atoms with E-state index in [1.54, 1.807) is 19.9 Å². The Balaban J connectivity index is 1.55. The number of halogens is 4. The molecule has 2 heterocycles. The van der Waals surface area contributed by atoms with E-state index in [2.05, 4.69) is 20.2 Å². The van der Waals surface area contributed by atoms with Crippen LogP contribution in [-0.2, 0) is 17.4 Å². The minimum Gasteiger partial charge on any atom is -0.367 e. The molecule has 6 nitrogen and oxygen atoms in total. The van der Waals surface area contributed by atoms with Gasteiger partial charge in [0.25, 0.3) is 0 Å². The Morgan fingerprint density at radius 2 is 1.77 bits per heavy atom. The summed E-state index contributed by atoms with van der Waals surface area (Å²) in [5.74, 6) is -0.816. The van der Waals surface area contributed by atoms with E-state index in [0.29, 0.717) is 22.6 Å². The summed E-state index contributed by atoms with van der Waals surface area (Å²) in [7, 11) is 2.04. The third-order valence-corrected chi connectivity index (χ3v) is 6.27. The van der Waals surface area contributed by atoms with Crippen molar-refractivity contribution in [1.82, 2.24) is 14.7 Å². The van der Waals surface area contributed by atoms with Crippen molar-refractivity contribution in [3.63, 3.8) is 0 Å². The van der Waals surface area contributed by atoms with Crippen LogP contribution in [0.2, 0.25) is 0 Å². The van der Waals surface area contributed by atoms with E-state index < -0.39 is 17.6 Å². The zero-order valence-electron chi connectivity index (χ0n) is 19.8. The van der Waals surface area contributed by atoms with Crippen LogP contribution in [0.5, 0.6) is 0 Å². The van der Waals surface area contributed by atoms with Gasteiger partial charge in [0.15, 0.2) is 0 Å². The normalized spacial score (nSPS) is 14.9. The van der Waals surface area contributed by atoms with Gasteiger partial charge < -0.3 is 15.1 Å². The van der Waals surface area contributed by atoms with Gasteiger partial charge in [0, 0.05) is 37.4 Å². The second-order valence-corrected chi connectivity index (χ2v) is 8.79. The maximum atomic E-state index is 14.0. The van der Waals surface area contributed by atoms with Gasteiger partial charge in [0.05, 0.1) is 34.7 Å². The van der Waals surface area contributed by atoms with Gasteiger partial charge in [-0.1, -0.05) is 6.07 Å². The largest absolute Gasteiger partial charge is 0.416 e. The number of carbonyl (C=O) groups is 1. The standard InChI is InChI=1S/C25H27F4N5O/c1-16-21(17(2)34(31-16)20-6-4-5-18(13-20)25(27,28)29)15-24(35)30-22-14-19(26)7-8-23(22)33-11-9-32(3)10-12-33/h4-8,13-14H,9-12,15H2,1-3H3,(H,30,35). The molecule has 1 aliphatic heterocycles. The molecule has 3 aromatic rings. The molecule has 4 rings (SSSR count). The van der Waals surface area contributed by atoms with Gasteiger partial charge >= 0.3 is 6.18 Å². The quantitative estimate of drug-likeness (QED) is 0.533. The Morgan fingerprint density at radius 3 is 2.46 bits per heavy atom. The summed E-state index contributed by atoms with van der Waals surface area (Å²) in [6, 6.07) is 9.23. The number of anilines is 2. The van der Waals surface area contributed by atoms with E-state index in [9.17, 15) is 22.4 Å². The van der Waals surface area contributed by atoms with Gasteiger partial charge in [-0.05, 0) is 57.3 Å². The lowest BCUT2D eigenvalue weighted by Gasteiger charge is -2.35. The summed E-state index contributed by atoms with van der Waals surface area (Å²) in [6.07, 6.45) is -4.52. The maximum Gasteiger partial charge on any atom is 0.416 e. The third kappa shape index (κ3) is 5.48.